The van der Waals surface area contributed by atoms with Crippen LogP contribution in [0.2, 0.25) is 0 Å². The minimum atomic E-state index is -0.419. The summed E-state index contributed by atoms with van der Waals surface area (Å²) in [5.41, 5.74) is 3.82. The molecular weight excluding hydrogens is 743 g/mol. The molecule has 0 saturated carbocycles. The van der Waals surface area contributed by atoms with Gasteiger partial charge in [0.05, 0.1) is 22.6 Å². The van der Waals surface area contributed by atoms with Crippen LogP contribution in [0.3, 0.4) is 0 Å². The number of nitriles is 2. The van der Waals surface area contributed by atoms with Crippen LogP contribution >= 0.6 is 57.9 Å². The second kappa shape index (κ2) is 15.3. The lowest BCUT2D eigenvalue weighted by Gasteiger charge is -2.11. The van der Waals surface area contributed by atoms with E-state index in [-0.39, 0.29) is 18.0 Å². The molecule has 0 amide bonds. The van der Waals surface area contributed by atoms with Crippen LogP contribution in [0.15, 0.2) is 80.3 Å². The molecule has 51 heavy (non-hydrogen) atoms. The highest BCUT2D eigenvalue weighted by Crippen LogP contribution is 2.62. The zero-order valence-corrected chi connectivity index (χ0v) is 31.1. The number of nitrogens with zero attached hydrogens (tertiary/aromatic N) is 4. The molecule has 0 unspecified atom stereocenters. The van der Waals surface area contributed by atoms with Crippen molar-refractivity contribution in [3.05, 3.63) is 82.1 Å². The molecule has 0 fully saturated rings. The first-order valence-electron chi connectivity index (χ1n) is 15.6. The van der Waals surface area contributed by atoms with Crippen molar-refractivity contribution in [1.82, 2.24) is 8.75 Å². The number of hydrogen-bond acceptors (Lipinski definition) is 11. The number of thioether (sulfide) groups is 2. The largest absolute Gasteiger partial charge is 0.493 e. The summed E-state index contributed by atoms with van der Waals surface area (Å²) in [6.45, 7) is 4.49. The molecule has 0 atom stereocenters. The van der Waals surface area contributed by atoms with Crippen LogP contribution in [0.4, 0.5) is 8.78 Å². The van der Waals surface area contributed by atoms with Gasteiger partial charge in [0.25, 0.3) is 0 Å². The number of halogens is 2. The van der Waals surface area contributed by atoms with Gasteiger partial charge in [0.15, 0.2) is 0 Å². The smallest absolute Gasteiger partial charge is 0.150 e. The van der Waals surface area contributed by atoms with Crippen molar-refractivity contribution in [2.24, 2.45) is 0 Å². The summed E-state index contributed by atoms with van der Waals surface area (Å²) in [5.74, 6) is 5.65. The molecule has 0 saturated heterocycles. The van der Waals surface area contributed by atoms with Crippen molar-refractivity contribution in [3.63, 3.8) is 0 Å². The lowest BCUT2D eigenvalue weighted by molar-refractivity contribution is 0.308. The maximum atomic E-state index is 15.4. The average Bonchev–Trinajstić information content (AvgIpc) is 3.96. The van der Waals surface area contributed by atoms with Gasteiger partial charge in [0.1, 0.15) is 58.5 Å². The second-order valence-corrected chi connectivity index (χ2v) is 16.0. The number of hydrogen-bond donors (Lipinski definition) is 0. The number of aromatic nitrogens is 2. The monoisotopic (exact) mass is 766 g/mol. The van der Waals surface area contributed by atoms with Crippen molar-refractivity contribution in [2.45, 2.75) is 36.5 Å². The summed E-state index contributed by atoms with van der Waals surface area (Å²) in [4.78, 5) is 4.79. The lowest BCUT2D eigenvalue weighted by atomic mass is 10.0. The van der Waals surface area contributed by atoms with Gasteiger partial charge in [-0.25, -0.2) is 8.78 Å². The lowest BCUT2D eigenvalue weighted by Crippen LogP contribution is -1.97. The van der Waals surface area contributed by atoms with Crippen LogP contribution in [-0.4, -0.2) is 22.0 Å². The van der Waals surface area contributed by atoms with Gasteiger partial charge in [-0.15, -0.1) is 28.6 Å². The number of unbranched alkanes of at least 4 members (excludes halogenated alkanes) is 1. The molecule has 0 spiro atoms. The third kappa shape index (κ3) is 6.86. The summed E-state index contributed by atoms with van der Waals surface area (Å²) in [6, 6.07) is 21.4. The average molecular weight is 767 g/mol. The van der Waals surface area contributed by atoms with E-state index in [4.69, 9.17) is 18.2 Å². The van der Waals surface area contributed by atoms with Gasteiger partial charge in [-0.3, -0.25) is 0 Å². The summed E-state index contributed by atoms with van der Waals surface area (Å²) < 4.78 is 52.0. The SMILES string of the molecule is CC#CCOc1ccc(-c2ccc(-c3c4c(c(-c5ccc(-c6ccc(OCCCC)cc6F)s5)c5nsnc35)SC(=C(C#N)C#N)S4)s2)c(F)c1. The Labute approximate surface area is 313 Å². The molecule has 0 N–H and O–H groups in total. The topological polar surface area (TPSA) is 91.8 Å². The highest BCUT2D eigenvalue weighted by Gasteiger charge is 2.33. The molecule has 13 heteroatoms. The Hall–Kier alpha value is -4.68. The fourth-order valence-electron chi connectivity index (χ4n) is 5.37. The number of ether oxygens (including phenoxy) is 2. The quantitative estimate of drug-likeness (QED) is 0.0773. The molecule has 0 radical (unpaired) electrons. The van der Waals surface area contributed by atoms with E-state index < -0.39 is 5.82 Å². The van der Waals surface area contributed by atoms with Gasteiger partial charge in [0.2, 0.25) is 0 Å². The fraction of sp³-hybridized carbons (Fsp3) is 0.158. The molecule has 0 bridgehead atoms. The summed E-state index contributed by atoms with van der Waals surface area (Å²) in [5, 5.41) is 19.6. The van der Waals surface area contributed by atoms with Crippen molar-refractivity contribution in [1.29, 1.82) is 10.5 Å². The first kappa shape index (κ1) is 34.8. The zero-order valence-electron chi connectivity index (χ0n) is 27.0. The molecular formula is C38H24F2N4O2S5. The molecule has 6 nitrogen and oxygen atoms in total. The van der Waals surface area contributed by atoms with E-state index in [1.54, 1.807) is 31.2 Å². The zero-order chi connectivity index (χ0) is 35.5. The van der Waals surface area contributed by atoms with Crippen LogP contribution < -0.4 is 9.47 Å². The number of thiophene rings is 2. The Morgan fingerprint density at radius 2 is 1.27 bits per heavy atom. The molecule has 3 aromatic heterocycles. The number of fused-ring (bicyclic) bond motifs is 2. The van der Waals surface area contributed by atoms with Crippen molar-refractivity contribution in [2.75, 3.05) is 13.2 Å². The summed E-state index contributed by atoms with van der Waals surface area (Å²) >= 11 is 6.62. The van der Waals surface area contributed by atoms with E-state index in [0.717, 1.165) is 60.1 Å². The predicted molar refractivity (Wildman–Crippen MR) is 204 cm³/mol. The minimum Gasteiger partial charge on any atom is -0.493 e. The van der Waals surface area contributed by atoms with Gasteiger partial charge < -0.3 is 9.47 Å². The minimum absolute atomic E-state index is 0.0119. The van der Waals surface area contributed by atoms with Crippen molar-refractivity contribution in [3.8, 4) is 77.2 Å². The Bertz CT molecular complexity index is 2480. The van der Waals surface area contributed by atoms with Gasteiger partial charge in [0, 0.05) is 63.7 Å². The highest BCUT2D eigenvalue weighted by atomic mass is 32.2. The first-order chi connectivity index (χ1) is 24.9. The maximum Gasteiger partial charge on any atom is 0.150 e. The Balaban J connectivity index is 1.32. The second-order valence-electron chi connectivity index (χ2n) is 11.0. The molecule has 252 valence electrons. The van der Waals surface area contributed by atoms with E-state index in [2.05, 4.69) is 18.8 Å². The van der Waals surface area contributed by atoms with Gasteiger partial charge >= 0.3 is 0 Å². The normalized spacial score (nSPS) is 11.8. The Morgan fingerprint density at radius 1 is 0.745 bits per heavy atom. The van der Waals surface area contributed by atoms with Gasteiger partial charge in [-0.1, -0.05) is 42.8 Å². The molecule has 1 aliphatic rings. The molecule has 4 heterocycles. The predicted octanol–water partition coefficient (Wildman–Crippen LogP) is 11.8. The molecule has 1 aliphatic heterocycles. The number of benzene rings is 3. The molecule has 6 aromatic rings. The van der Waals surface area contributed by atoms with Crippen LogP contribution in [0.25, 0.3) is 52.8 Å². The third-order valence-electron chi connectivity index (χ3n) is 7.81. The fourth-order valence-corrected chi connectivity index (χ4v) is 10.9. The Kier molecular flexibility index (Phi) is 10.4. The van der Waals surface area contributed by atoms with E-state index in [9.17, 15) is 10.5 Å². The number of rotatable bonds is 10. The van der Waals surface area contributed by atoms with E-state index >= 15 is 8.78 Å². The van der Waals surface area contributed by atoms with Gasteiger partial charge in [-0.05, 0) is 61.9 Å². The molecule has 0 aliphatic carbocycles. The number of allylic oxidation sites excluding steroid dienone is 1. The van der Waals surface area contributed by atoms with Crippen LogP contribution in [0.5, 0.6) is 11.5 Å². The third-order valence-corrected chi connectivity index (χ3v) is 13.2. The van der Waals surface area contributed by atoms with Crippen molar-refractivity contribution >= 4 is 69.0 Å². The van der Waals surface area contributed by atoms with Crippen LogP contribution in [0.1, 0.15) is 26.7 Å². The Morgan fingerprint density at radius 3 is 1.76 bits per heavy atom. The molecule has 3 aromatic carbocycles. The van der Waals surface area contributed by atoms with Crippen molar-refractivity contribution < 1.29 is 18.3 Å². The maximum absolute atomic E-state index is 15.4. The molecule has 7 rings (SSSR count). The summed E-state index contributed by atoms with van der Waals surface area (Å²) in [6.07, 6.45) is 1.88. The van der Waals surface area contributed by atoms with E-state index in [1.807, 2.05) is 36.4 Å². The van der Waals surface area contributed by atoms with Gasteiger partial charge in [-0.2, -0.15) is 19.3 Å². The highest BCUT2D eigenvalue weighted by molar-refractivity contribution is 8.25. The van der Waals surface area contributed by atoms with E-state index in [0.29, 0.717) is 49.4 Å². The van der Waals surface area contributed by atoms with E-state index in [1.165, 1.54) is 58.3 Å². The first-order valence-corrected chi connectivity index (χ1v) is 19.6. The van der Waals surface area contributed by atoms with Crippen LogP contribution in [0, 0.1) is 46.1 Å². The van der Waals surface area contributed by atoms with Crippen LogP contribution in [-0.2, 0) is 0 Å². The standard InChI is InChI=1S/C38H24F2N4O2S5/c1-3-5-15-45-22-7-9-24(26(39)17-22)28-11-13-30(47-28)32-34-35(44-51-43-34)33(37-36(32)49-38(50-37)21(19-41)20-42)31-14-12-29(48-31)25-10-8-23(18-27(25)40)46-16-6-4-2/h7-14,17-18H,3,5,15-16H2,1-2H3. The summed E-state index contributed by atoms with van der Waals surface area (Å²) in [7, 11) is 0.